The Morgan fingerprint density at radius 1 is 1.11 bits per heavy atom. The van der Waals surface area contributed by atoms with E-state index in [2.05, 4.69) is 9.40 Å². The first kappa shape index (κ1) is 12.7. The zero-order chi connectivity index (χ0) is 14.2. The van der Waals surface area contributed by atoms with Crippen LogP contribution < -0.4 is 0 Å². The molecule has 0 unspecified atom stereocenters. The molecule has 6 nitrogen and oxygen atoms in total. The predicted molar refractivity (Wildman–Crippen MR) is 55.8 cm³/mol. The second-order valence-corrected chi connectivity index (χ2v) is 3.40. The molecular formula is C11H5F2NO5. The molecule has 0 bridgehead atoms. The third kappa shape index (κ3) is 2.15. The number of hydrogen-bond acceptors (Lipinski definition) is 4. The molecule has 0 atom stereocenters. The van der Waals surface area contributed by atoms with Gasteiger partial charge in [0.2, 0.25) is 17.3 Å². The maximum atomic E-state index is 13.4. The number of halogens is 2. The first-order chi connectivity index (χ1) is 8.91. The van der Waals surface area contributed by atoms with Crippen molar-refractivity contribution in [3.8, 4) is 11.5 Å². The molecular weight excluding hydrogens is 264 g/mol. The third-order valence-electron chi connectivity index (χ3n) is 2.20. The normalized spacial score (nSPS) is 10.4. The van der Waals surface area contributed by atoms with Crippen LogP contribution in [0.2, 0.25) is 0 Å². The Morgan fingerprint density at radius 3 is 2.11 bits per heavy atom. The molecule has 0 fully saturated rings. The topological polar surface area (TPSA) is 101 Å². The van der Waals surface area contributed by atoms with Gasteiger partial charge < -0.3 is 14.6 Å². The van der Waals surface area contributed by atoms with E-state index in [1.54, 1.807) is 0 Å². The van der Waals surface area contributed by atoms with E-state index in [0.717, 1.165) is 18.2 Å². The number of oxazole rings is 1. The number of hydrogen-bond donors (Lipinski definition) is 2. The van der Waals surface area contributed by atoms with Crippen LogP contribution in [0, 0.1) is 11.6 Å². The number of carboxylic acids is 2. The van der Waals surface area contributed by atoms with Gasteiger partial charge in [0.25, 0.3) is 0 Å². The summed E-state index contributed by atoms with van der Waals surface area (Å²) in [6, 6.07) is 2.90. The lowest BCUT2D eigenvalue weighted by atomic mass is 10.2. The van der Waals surface area contributed by atoms with Gasteiger partial charge in [-0.2, -0.15) is 0 Å². The second-order valence-electron chi connectivity index (χ2n) is 3.40. The van der Waals surface area contributed by atoms with Crippen LogP contribution in [0.5, 0.6) is 0 Å². The Bertz CT molecular complexity index is 628. The van der Waals surface area contributed by atoms with E-state index >= 15 is 0 Å². The molecule has 0 spiro atoms. The Morgan fingerprint density at radius 2 is 1.68 bits per heavy atom. The van der Waals surface area contributed by atoms with Crippen molar-refractivity contribution in [2.45, 2.75) is 0 Å². The van der Waals surface area contributed by atoms with Crippen molar-refractivity contribution >= 4 is 11.9 Å². The van der Waals surface area contributed by atoms with Gasteiger partial charge in [0, 0.05) is 0 Å². The molecule has 2 aromatic rings. The second kappa shape index (κ2) is 4.48. The Kier molecular flexibility index (Phi) is 2.99. The molecule has 0 aliphatic heterocycles. The summed E-state index contributed by atoms with van der Waals surface area (Å²) in [6.45, 7) is 0. The lowest BCUT2D eigenvalue weighted by Crippen LogP contribution is -2.05. The molecule has 1 heterocycles. The molecule has 0 saturated heterocycles. The van der Waals surface area contributed by atoms with Crippen LogP contribution in [0.1, 0.15) is 21.0 Å². The van der Waals surface area contributed by atoms with Crippen molar-refractivity contribution < 1.29 is 33.0 Å². The summed E-state index contributed by atoms with van der Waals surface area (Å²) in [5, 5.41) is 17.5. The Hall–Kier alpha value is -2.77. The summed E-state index contributed by atoms with van der Waals surface area (Å²) >= 11 is 0. The van der Waals surface area contributed by atoms with Crippen LogP contribution >= 0.6 is 0 Å². The lowest BCUT2D eigenvalue weighted by Gasteiger charge is -1.98. The first-order valence-corrected chi connectivity index (χ1v) is 4.83. The number of aromatic nitrogens is 1. The zero-order valence-corrected chi connectivity index (χ0v) is 9.05. The minimum atomic E-state index is -1.70. The fraction of sp³-hybridized carbons (Fsp3) is 0. The van der Waals surface area contributed by atoms with E-state index < -0.39 is 46.5 Å². The summed E-state index contributed by atoms with van der Waals surface area (Å²) in [4.78, 5) is 24.8. The van der Waals surface area contributed by atoms with Gasteiger partial charge in [0.1, 0.15) is 17.2 Å². The fourth-order valence-corrected chi connectivity index (χ4v) is 1.42. The fourth-order valence-electron chi connectivity index (χ4n) is 1.42. The van der Waals surface area contributed by atoms with Crippen molar-refractivity contribution in [3.05, 3.63) is 41.3 Å². The third-order valence-corrected chi connectivity index (χ3v) is 2.20. The summed E-state index contributed by atoms with van der Waals surface area (Å²) in [5.41, 5.74) is -1.65. The number of carboxylic acid groups (broad SMARTS) is 2. The van der Waals surface area contributed by atoms with Crippen molar-refractivity contribution in [1.29, 1.82) is 0 Å². The van der Waals surface area contributed by atoms with Crippen LogP contribution in [-0.2, 0) is 0 Å². The quantitative estimate of drug-likeness (QED) is 0.883. The van der Waals surface area contributed by atoms with Gasteiger partial charge in [-0.05, 0) is 12.1 Å². The predicted octanol–water partition coefficient (Wildman–Crippen LogP) is 2.02. The lowest BCUT2D eigenvalue weighted by molar-refractivity contribution is 0.0624. The van der Waals surface area contributed by atoms with Gasteiger partial charge in [0.15, 0.2) is 0 Å². The van der Waals surface area contributed by atoms with Gasteiger partial charge in [-0.25, -0.2) is 23.4 Å². The highest BCUT2D eigenvalue weighted by Gasteiger charge is 2.27. The van der Waals surface area contributed by atoms with Crippen LogP contribution in [0.4, 0.5) is 8.78 Å². The molecule has 0 saturated carbocycles. The van der Waals surface area contributed by atoms with Crippen LogP contribution in [0.25, 0.3) is 11.5 Å². The molecule has 1 aromatic heterocycles. The van der Waals surface area contributed by atoms with E-state index in [1.165, 1.54) is 0 Å². The highest BCUT2D eigenvalue weighted by molar-refractivity contribution is 5.98. The maximum Gasteiger partial charge on any atom is 0.374 e. The summed E-state index contributed by atoms with van der Waals surface area (Å²) < 4.78 is 31.5. The molecule has 0 aliphatic carbocycles. The molecule has 98 valence electrons. The average Bonchev–Trinajstić information content (AvgIpc) is 2.73. The molecule has 2 rings (SSSR count). The zero-order valence-electron chi connectivity index (χ0n) is 9.05. The number of benzene rings is 1. The molecule has 8 heteroatoms. The van der Waals surface area contributed by atoms with Crippen LogP contribution in [-0.4, -0.2) is 27.1 Å². The van der Waals surface area contributed by atoms with E-state index in [1.807, 2.05) is 0 Å². The number of carbonyl (C=O) groups is 2. The van der Waals surface area contributed by atoms with Gasteiger partial charge >= 0.3 is 11.9 Å². The van der Waals surface area contributed by atoms with Gasteiger partial charge in [-0.3, -0.25) is 0 Å². The van der Waals surface area contributed by atoms with Crippen LogP contribution in [0.3, 0.4) is 0 Å². The van der Waals surface area contributed by atoms with Crippen molar-refractivity contribution in [1.82, 2.24) is 4.98 Å². The smallest absolute Gasteiger partial charge is 0.374 e. The molecule has 0 amide bonds. The summed E-state index contributed by atoms with van der Waals surface area (Å²) in [7, 11) is 0. The molecule has 1 aromatic carbocycles. The maximum absolute atomic E-state index is 13.4. The Labute approximate surface area is 103 Å². The van der Waals surface area contributed by atoms with Crippen LogP contribution in [0.15, 0.2) is 22.6 Å². The standard InChI is InChI=1S/C11H5F2NO5/c12-4-2-1-3-5(13)6(4)9-14-7(10(15)16)8(19-9)11(17)18/h1-3H,(H,15,16)(H,17,18). The van der Waals surface area contributed by atoms with Gasteiger partial charge in [-0.1, -0.05) is 6.07 Å². The van der Waals surface area contributed by atoms with E-state index in [0.29, 0.717) is 0 Å². The van der Waals surface area contributed by atoms with Crippen molar-refractivity contribution in [2.24, 2.45) is 0 Å². The number of rotatable bonds is 3. The minimum absolute atomic E-state index is 0.725. The highest BCUT2D eigenvalue weighted by Crippen LogP contribution is 2.27. The average molecular weight is 269 g/mol. The summed E-state index contributed by atoms with van der Waals surface area (Å²) in [5.74, 6) is -7.21. The SMILES string of the molecule is O=C(O)c1nc(-c2c(F)cccc2F)oc1C(=O)O. The van der Waals surface area contributed by atoms with Crippen molar-refractivity contribution in [2.75, 3.05) is 0 Å². The monoisotopic (exact) mass is 269 g/mol. The highest BCUT2D eigenvalue weighted by atomic mass is 19.1. The van der Waals surface area contributed by atoms with E-state index in [4.69, 9.17) is 10.2 Å². The molecule has 0 aliphatic rings. The first-order valence-electron chi connectivity index (χ1n) is 4.83. The number of nitrogens with zero attached hydrogens (tertiary/aromatic N) is 1. The number of aromatic carboxylic acids is 2. The Balaban J connectivity index is 2.68. The molecule has 2 N–H and O–H groups in total. The summed E-state index contributed by atoms with van der Waals surface area (Å²) in [6.07, 6.45) is 0. The van der Waals surface area contributed by atoms with E-state index in [9.17, 15) is 18.4 Å². The molecule has 0 radical (unpaired) electrons. The van der Waals surface area contributed by atoms with Gasteiger partial charge in [0.05, 0.1) is 0 Å². The minimum Gasteiger partial charge on any atom is -0.476 e. The molecule has 19 heavy (non-hydrogen) atoms. The van der Waals surface area contributed by atoms with Crippen molar-refractivity contribution in [3.63, 3.8) is 0 Å². The largest absolute Gasteiger partial charge is 0.476 e. The van der Waals surface area contributed by atoms with Gasteiger partial charge in [-0.15, -0.1) is 0 Å². The van der Waals surface area contributed by atoms with E-state index in [-0.39, 0.29) is 0 Å².